The molecule has 0 spiro atoms. The molecule has 0 aliphatic carbocycles. The van der Waals surface area contributed by atoms with Crippen molar-refractivity contribution in [1.82, 2.24) is 0 Å². The van der Waals surface area contributed by atoms with Crippen LogP contribution in [0.25, 0.3) is 6.08 Å². The molecule has 0 unspecified atom stereocenters. The molecule has 74 valence electrons. The lowest BCUT2D eigenvalue weighted by Crippen LogP contribution is -1.76. The molecule has 5 nitrogen and oxygen atoms in total. The number of phenolic OH excluding ortho intramolecular Hbond substituents is 3. The first-order valence-corrected chi connectivity index (χ1v) is 3.85. The van der Waals surface area contributed by atoms with Crippen LogP contribution in [0, 0.1) is 4.91 Å². The van der Waals surface area contributed by atoms with Crippen LogP contribution in [-0.2, 0) is 0 Å². The highest BCUT2D eigenvalue weighted by Gasteiger charge is 2.05. The minimum atomic E-state index is -0.560. The molecule has 0 aliphatic rings. The van der Waals surface area contributed by atoms with Gasteiger partial charge in [-0.15, -0.1) is 0 Å². The minimum Gasteiger partial charge on any atom is -0.504 e. The number of benzene rings is 1. The Kier molecular flexibility index (Phi) is 3.06. The maximum atomic E-state index is 9.74. The van der Waals surface area contributed by atoms with Crippen molar-refractivity contribution >= 4 is 6.08 Å². The van der Waals surface area contributed by atoms with E-state index in [9.17, 15) is 4.91 Å². The van der Waals surface area contributed by atoms with Gasteiger partial charge < -0.3 is 15.3 Å². The standard InChI is InChI=1S/C9H9NO4/c11-7-4-6(2-1-3-10-14)5-8(12)9(7)13/h1-2,4-5,11-13H,3H2/b2-1+. The van der Waals surface area contributed by atoms with E-state index in [0.717, 1.165) is 0 Å². The third-order valence-electron chi connectivity index (χ3n) is 1.58. The van der Waals surface area contributed by atoms with Gasteiger partial charge in [-0.25, -0.2) is 0 Å². The molecule has 0 amide bonds. The zero-order chi connectivity index (χ0) is 10.6. The first-order chi connectivity index (χ1) is 6.65. The number of hydrogen-bond acceptors (Lipinski definition) is 5. The van der Waals surface area contributed by atoms with Gasteiger partial charge in [0, 0.05) is 0 Å². The van der Waals surface area contributed by atoms with E-state index in [4.69, 9.17) is 15.3 Å². The van der Waals surface area contributed by atoms with Crippen LogP contribution < -0.4 is 0 Å². The largest absolute Gasteiger partial charge is 0.504 e. The van der Waals surface area contributed by atoms with Gasteiger partial charge in [0.25, 0.3) is 0 Å². The number of phenols is 3. The summed E-state index contributed by atoms with van der Waals surface area (Å²) in [5.74, 6) is -1.39. The van der Waals surface area contributed by atoms with Gasteiger partial charge in [0.2, 0.25) is 0 Å². The number of aromatic hydroxyl groups is 3. The lowest BCUT2D eigenvalue weighted by Gasteiger charge is -2.01. The molecule has 0 bridgehead atoms. The van der Waals surface area contributed by atoms with E-state index in [0.29, 0.717) is 5.56 Å². The fourth-order valence-electron chi connectivity index (χ4n) is 0.953. The van der Waals surface area contributed by atoms with Crippen molar-refractivity contribution in [1.29, 1.82) is 0 Å². The van der Waals surface area contributed by atoms with Crippen LogP contribution in [0.15, 0.2) is 23.4 Å². The van der Waals surface area contributed by atoms with Gasteiger partial charge in [-0.2, -0.15) is 4.91 Å². The third-order valence-corrected chi connectivity index (χ3v) is 1.58. The Bertz CT molecular complexity index is 350. The highest BCUT2D eigenvalue weighted by molar-refractivity contribution is 5.60. The Morgan fingerprint density at radius 1 is 1.21 bits per heavy atom. The molecule has 1 aromatic carbocycles. The summed E-state index contributed by atoms with van der Waals surface area (Å²) in [5.41, 5.74) is 0.474. The zero-order valence-corrected chi connectivity index (χ0v) is 7.21. The molecule has 1 rings (SSSR count). The molecule has 14 heavy (non-hydrogen) atoms. The number of nitrogens with zero attached hydrogens (tertiary/aromatic N) is 1. The van der Waals surface area contributed by atoms with Crippen molar-refractivity contribution in [3.63, 3.8) is 0 Å². The van der Waals surface area contributed by atoms with Crippen molar-refractivity contribution in [2.75, 3.05) is 6.54 Å². The maximum absolute atomic E-state index is 9.74. The molecule has 0 aliphatic heterocycles. The molecule has 0 aromatic heterocycles. The second-order valence-electron chi connectivity index (χ2n) is 2.62. The van der Waals surface area contributed by atoms with E-state index < -0.39 is 17.2 Å². The van der Waals surface area contributed by atoms with Gasteiger partial charge in [-0.05, 0) is 17.7 Å². The summed E-state index contributed by atoms with van der Waals surface area (Å²) in [7, 11) is 0. The number of rotatable bonds is 3. The van der Waals surface area contributed by atoms with E-state index in [-0.39, 0.29) is 6.54 Å². The summed E-state index contributed by atoms with van der Waals surface area (Å²) in [6.07, 6.45) is 2.97. The molecule has 0 atom stereocenters. The van der Waals surface area contributed by atoms with E-state index in [2.05, 4.69) is 5.18 Å². The fraction of sp³-hybridized carbons (Fsp3) is 0.111. The Labute approximate surface area is 79.9 Å². The normalized spacial score (nSPS) is 10.6. The Hall–Kier alpha value is -2.04. The van der Waals surface area contributed by atoms with Gasteiger partial charge in [-0.1, -0.05) is 17.3 Å². The van der Waals surface area contributed by atoms with E-state index in [1.165, 1.54) is 24.3 Å². The van der Waals surface area contributed by atoms with Crippen molar-refractivity contribution in [3.05, 3.63) is 28.7 Å². The maximum Gasteiger partial charge on any atom is 0.200 e. The summed E-state index contributed by atoms with van der Waals surface area (Å²) in [4.78, 5) is 9.74. The number of nitroso groups, excluding NO2 is 1. The van der Waals surface area contributed by atoms with Crippen molar-refractivity contribution in [2.45, 2.75) is 0 Å². The van der Waals surface area contributed by atoms with Crippen LogP contribution >= 0.6 is 0 Å². The molecular formula is C9H9NO4. The van der Waals surface area contributed by atoms with Crippen molar-refractivity contribution < 1.29 is 15.3 Å². The fourth-order valence-corrected chi connectivity index (χ4v) is 0.953. The first kappa shape index (κ1) is 10.0. The Balaban J connectivity index is 2.95. The van der Waals surface area contributed by atoms with Crippen LogP contribution in [0.2, 0.25) is 0 Å². The summed E-state index contributed by atoms with van der Waals surface area (Å²) in [5, 5.41) is 29.8. The predicted octanol–water partition coefficient (Wildman–Crippen LogP) is 1.58. The quantitative estimate of drug-likeness (QED) is 0.504. The molecule has 0 heterocycles. The second-order valence-corrected chi connectivity index (χ2v) is 2.62. The first-order valence-electron chi connectivity index (χ1n) is 3.85. The Morgan fingerprint density at radius 3 is 2.29 bits per heavy atom. The molecule has 3 N–H and O–H groups in total. The minimum absolute atomic E-state index is 0.0163. The van der Waals surface area contributed by atoms with Gasteiger partial charge in [0.1, 0.15) is 0 Å². The average Bonchev–Trinajstić information content (AvgIpc) is 2.14. The van der Waals surface area contributed by atoms with Crippen molar-refractivity contribution in [3.8, 4) is 17.2 Å². The van der Waals surface area contributed by atoms with Gasteiger partial charge in [0.05, 0.1) is 6.54 Å². The third kappa shape index (κ3) is 2.22. The molecule has 0 saturated carbocycles. The highest BCUT2D eigenvalue weighted by atomic mass is 16.3. The molecular weight excluding hydrogens is 186 g/mol. The molecule has 1 aromatic rings. The predicted molar refractivity (Wildman–Crippen MR) is 51.1 cm³/mol. The summed E-state index contributed by atoms with van der Waals surface area (Å²) < 4.78 is 0. The molecule has 0 saturated heterocycles. The molecule has 5 heteroatoms. The van der Waals surface area contributed by atoms with Crippen LogP contribution in [0.5, 0.6) is 17.2 Å². The van der Waals surface area contributed by atoms with Crippen LogP contribution in [0.3, 0.4) is 0 Å². The molecule has 0 fully saturated rings. The molecule has 0 radical (unpaired) electrons. The number of hydrogen-bond donors (Lipinski definition) is 3. The van der Waals surface area contributed by atoms with Crippen LogP contribution in [0.1, 0.15) is 5.56 Å². The topological polar surface area (TPSA) is 90.1 Å². The van der Waals surface area contributed by atoms with Crippen LogP contribution in [-0.4, -0.2) is 21.9 Å². The van der Waals surface area contributed by atoms with Gasteiger partial charge in [0.15, 0.2) is 17.2 Å². The SMILES string of the molecule is O=NC/C=C/c1cc(O)c(O)c(O)c1. The monoisotopic (exact) mass is 195 g/mol. The summed E-state index contributed by atoms with van der Waals surface area (Å²) in [6.45, 7) is 0.0163. The lowest BCUT2D eigenvalue weighted by molar-refractivity contribution is 0.368. The van der Waals surface area contributed by atoms with Crippen molar-refractivity contribution in [2.24, 2.45) is 5.18 Å². The van der Waals surface area contributed by atoms with Gasteiger partial charge >= 0.3 is 0 Å². The smallest absolute Gasteiger partial charge is 0.200 e. The second kappa shape index (κ2) is 4.27. The summed E-state index contributed by atoms with van der Waals surface area (Å²) in [6, 6.07) is 2.52. The Morgan fingerprint density at radius 2 is 1.79 bits per heavy atom. The van der Waals surface area contributed by atoms with E-state index in [1.54, 1.807) is 0 Å². The van der Waals surface area contributed by atoms with E-state index in [1.807, 2.05) is 0 Å². The summed E-state index contributed by atoms with van der Waals surface area (Å²) >= 11 is 0. The lowest BCUT2D eigenvalue weighted by atomic mass is 10.1. The van der Waals surface area contributed by atoms with Crippen LogP contribution in [0.4, 0.5) is 0 Å². The average molecular weight is 195 g/mol. The highest BCUT2D eigenvalue weighted by Crippen LogP contribution is 2.35. The van der Waals surface area contributed by atoms with E-state index >= 15 is 0 Å². The zero-order valence-electron chi connectivity index (χ0n) is 7.21. The van der Waals surface area contributed by atoms with Gasteiger partial charge in [-0.3, -0.25) is 0 Å².